The molecular weight excluding hydrogens is 471 g/mol. The van der Waals surface area contributed by atoms with Crippen molar-refractivity contribution < 1.29 is 27.4 Å². The Morgan fingerprint density at radius 1 is 1.15 bits per heavy atom. The number of anilines is 2. The highest BCUT2D eigenvalue weighted by molar-refractivity contribution is 7.22. The lowest BCUT2D eigenvalue weighted by Crippen LogP contribution is -2.39. The molecule has 0 bridgehead atoms. The van der Waals surface area contributed by atoms with Crippen molar-refractivity contribution in [3.63, 3.8) is 0 Å². The number of nitrogens with zero attached hydrogens (tertiary/aromatic N) is 4. The van der Waals surface area contributed by atoms with Gasteiger partial charge in [0.1, 0.15) is 5.75 Å². The molecular formula is C22H20F3N5O3S. The molecule has 1 aliphatic heterocycles. The first-order chi connectivity index (χ1) is 16.2. The predicted octanol–water partition coefficient (Wildman–Crippen LogP) is 4.34. The maximum Gasteiger partial charge on any atom is 0.573 e. The molecule has 0 aliphatic carbocycles. The first-order valence-corrected chi connectivity index (χ1v) is 11.3. The Morgan fingerprint density at radius 3 is 2.71 bits per heavy atom. The van der Waals surface area contributed by atoms with E-state index < -0.39 is 6.36 Å². The minimum Gasteiger partial charge on any atom is -0.406 e. The van der Waals surface area contributed by atoms with Crippen molar-refractivity contribution in [3.05, 3.63) is 42.0 Å². The van der Waals surface area contributed by atoms with Gasteiger partial charge in [-0.15, -0.1) is 13.2 Å². The fourth-order valence-electron chi connectivity index (χ4n) is 3.79. The molecule has 0 amide bonds. The van der Waals surface area contributed by atoms with Crippen LogP contribution in [0.1, 0.15) is 10.4 Å². The molecule has 1 fully saturated rings. The van der Waals surface area contributed by atoms with E-state index in [1.54, 1.807) is 12.1 Å². The highest BCUT2D eigenvalue weighted by Gasteiger charge is 2.31. The molecule has 0 atom stereocenters. The number of ether oxygens (including phenoxy) is 2. The number of hydrogen-bond donors (Lipinski definition) is 1. The number of aryl methyl sites for hydroxylation is 1. The number of hydrogen-bond acceptors (Lipinski definition) is 8. The number of halogens is 3. The molecule has 5 rings (SSSR count). The van der Waals surface area contributed by atoms with Gasteiger partial charge < -0.3 is 19.4 Å². The van der Waals surface area contributed by atoms with E-state index in [1.807, 2.05) is 17.7 Å². The van der Waals surface area contributed by atoms with Gasteiger partial charge in [-0.3, -0.25) is 9.69 Å². The summed E-state index contributed by atoms with van der Waals surface area (Å²) in [7, 11) is 1.83. The molecule has 12 heteroatoms. The van der Waals surface area contributed by atoms with Crippen molar-refractivity contribution in [1.29, 1.82) is 0 Å². The fourth-order valence-corrected chi connectivity index (χ4v) is 4.68. The average molecular weight is 491 g/mol. The van der Waals surface area contributed by atoms with Crippen molar-refractivity contribution in [2.45, 2.75) is 6.36 Å². The first-order valence-electron chi connectivity index (χ1n) is 10.5. The van der Waals surface area contributed by atoms with Gasteiger partial charge in [0.05, 0.1) is 41.0 Å². The number of carbonyl (C=O) groups is 1. The summed E-state index contributed by atoms with van der Waals surface area (Å²) >= 11 is 1.19. The van der Waals surface area contributed by atoms with Crippen LogP contribution >= 0.6 is 11.3 Å². The van der Waals surface area contributed by atoms with Gasteiger partial charge in [-0.1, -0.05) is 11.3 Å². The minimum atomic E-state index is -4.76. The summed E-state index contributed by atoms with van der Waals surface area (Å²) in [6.07, 6.45) is -4.76. The number of morpholine rings is 1. The van der Waals surface area contributed by atoms with Gasteiger partial charge in [0, 0.05) is 31.8 Å². The smallest absolute Gasteiger partial charge is 0.406 e. The van der Waals surface area contributed by atoms with Gasteiger partial charge in [0.15, 0.2) is 10.9 Å². The molecule has 1 aliphatic rings. The van der Waals surface area contributed by atoms with Gasteiger partial charge >= 0.3 is 6.36 Å². The molecule has 2 aromatic heterocycles. The number of alkyl halides is 3. The second-order valence-corrected chi connectivity index (χ2v) is 8.86. The van der Waals surface area contributed by atoms with Gasteiger partial charge in [0.25, 0.3) is 0 Å². The molecule has 34 heavy (non-hydrogen) atoms. The van der Waals surface area contributed by atoms with Crippen molar-refractivity contribution >= 4 is 49.4 Å². The molecule has 0 saturated carbocycles. The van der Waals surface area contributed by atoms with E-state index in [1.165, 1.54) is 29.5 Å². The third-order valence-electron chi connectivity index (χ3n) is 5.49. The third kappa shape index (κ3) is 4.83. The Hall–Kier alpha value is -3.22. The zero-order valence-corrected chi connectivity index (χ0v) is 18.9. The normalized spacial score (nSPS) is 15.2. The van der Waals surface area contributed by atoms with Crippen LogP contribution in [0, 0.1) is 0 Å². The Bertz CT molecular complexity index is 1360. The number of thiazole rings is 1. The quantitative estimate of drug-likeness (QED) is 0.402. The largest absolute Gasteiger partial charge is 0.573 e. The van der Waals surface area contributed by atoms with Crippen LogP contribution in [0.3, 0.4) is 0 Å². The Labute approximate surface area is 195 Å². The van der Waals surface area contributed by atoms with E-state index in [9.17, 15) is 18.0 Å². The summed E-state index contributed by atoms with van der Waals surface area (Å²) in [5.74, 6) is 0.220. The SMILES string of the molecule is Cn1c(Nc2nc3ccc(OC(F)(F)F)cc3s2)nc2cc(C(=O)CN3CCOCC3)ccc21. The Morgan fingerprint density at radius 2 is 1.94 bits per heavy atom. The summed E-state index contributed by atoms with van der Waals surface area (Å²) in [6.45, 7) is 3.06. The number of Topliss-reactive ketones (excluding diaryl/α,β-unsaturated/α-hetero) is 1. The van der Waals surface area contributed by atoms with E-state index >= 15 is 0 Å². The number of rotatable bonds is 6. The third-order valence-corrected chi connectivity index (χ3v) is 6.42. The average Bonchev–Trinajstić information content (AvgIpc) is 3.33. The molecule has 4 aromatic rings. The number of fused-ring (bicyclic) bond motifs is 2. The second-order valence-electron chi connectivity index (χ2n) is 7.83. The van der Waals surface area contributed by atoms with Gasteiger partial charge in [-0.25, -0.2) is 9.97 Å². The molecule has 8 nitrogen and oxygen atoms in total. The summed E-state index contributed by atoms with van der Waals surface area (Å²) < 4.78 is 49.1. The Kier molecular flexibility index (Phi) is 5.88. The van der Waals surface area contributed by atoms with Crippen LogP contribution in [0.25, 0.3) is 21.3 Å². The van der Waals surface area contributed by atoms with Gasteiger partial charge in [-0.2, -0.15) is 0 Å². The standard InChI is InChI=1S/C22H20F3N5O3S/c1-29-17-5-2-13(18(31)12-30-6-8-32-9-7-30)10-16(17)26-20(29)28-21-27-15-4-3-14(11-19(15)34-21)33-22(23,24)25/h2-5,10-11H,6-9,12H2,1H3,(H,26,27,28). The lowest BCUT2D eigenvalue weighted by Gasteiger charge is -2.25. The van der Waals surface area contributed by atoms with E-state index in [2.05, 4.69) is 24.9 Å². The number of ketones is 1. The van der Waals surface area contributed by atoms with Crippen molar-refractivity contribution in [2.24, 2.45) is 7.05 Å². The number of carbonyl (C=O) groups excluding carboxylic acids is 1. The molecule has 178 valence electrons. The monoisotopic (exact) mass is 491 g/mol. The zero-order chi connectivity index (χ0) is 23.9. The summed E-state index contributed by atoms with van der Waals surface area (Å²) in [4.78, 5) is 23.8. The maximum absolute atomic E-state index is 12.7. The van der Waals surface area contributed by atoms with Crippen molar-refractivity contribution in [3.8, 4) is 5.75 Å². The number of imidazole rings is 1. The number of nitrogens with one attached hydrogen (secondary N) is 1. The van der Waals surface area contributed by atoms with E-state index in [4.69, 9.17) is 4.74 Å². The van der Waals surface area contributed by atoms with E-state index in [0.717, 1.165) is 18.6 Å². The highest BCUT2D eigenvalue weighted by atomic mass is 32.1. The lowest BCUT2D eigenvalue weighted by molar-refractivity contribution is -0.274. The first kappa shape index (κ1) is 22.6. The van der Waals surface area contributed by atoms with E-state index in [0.29, 0.717) is 52.1 Å². The van der Waals surface area contributed by atoms with Crippen LogP contribution in [0.5, 0.6) is 5.75 Å². The van der Waals surface area contributed by atoms with Crippen LogP contribution in [-0.4, -0.2) is 64.4 Å². The summed E-state index contributed by atoms with van der Waals surface area (Å²) in [5.41, 5.74) is 2.60. The highest BCUT2D eigenvalue weighted by Crippen LogP contribution is 2.33. The van der Waals surface area contributed by atoms with Crippen LogP contribution in [-0.2, 0) is 11.8 Å². The van der Waals surface area contributed by atoms with Crippen LogP contribution in [0.15, 0.2) is 36.4 Å². The van der Waals surface area contributed by atoms with Gasteiger partial charge in [-0.05, 0) is 30.3 Å². The van der Waals surface area contributed by atoms with Gasteiger partial charge in [0.2, 0.25) is 5.95 Å². The topological polar surface area (TPSA) is 81.5 Å². The molecule has 1 saturated heterocycles. The molecule has 0 unspecified atom stereocenters. The minimum absolute atomic E-state index is 0.0204. The summed E-state index contributed by atoms with van der Waals surface area (Å²) in [6, 6.07) is 9.40. The molecule has 2 aromatic carbocycles. The lowest BCUT2D eigenvalue weighted by atomic mass is 10.1. The van der Waals surface area contributed by atoms with Crippen molar-refractivity contribution in [1.82, 2.24) is 19.4 Å². The molecule has 0 radical (unpaired) electrons. The summed E-state index contributed by atoms with van der Waals surface area (Å²) in [5, 5.41) is 3.60. The molecule has 3 heterocycles. The Balaban J connectivity index is 1.36. The fraction of sp³-hybridized carbons (Fsp3) is 0.318. The van der Waals surface area contributed by atoms with Crippen molar-refractivity contribution in [2.75, 3.05) is 38.2 Å². The van der Waals surface area contributed by atoms with E-state index in [-0.39, 0.29) is 11.5 Å². The number of benzene rings is 2. The predicted molar refractivity (Wildman–Crippen MR) is 122 cm³/mol. The zero-order valence-electron chi connectivity index (χ0n) is 18.1. The maximum atomic E-state index is 12.7. The molecule has 0 spiro atoms. The second kappa shape index (κ2) is 8.85. The molecule has 1 N–H and O–H groups in total. The van der Waals surface area contributed by atoms with Crippen LogP contribution < -0.4 is 10.1 Å². The van der Waals surface area contributed by atoms with Crippen LogP contribution in [0.2, 0.25) is 0 Å². The van der Waals surface area contributed by atoms with Crippen LogP contribution in [0.4, 0.5) is 24.3 Å². The number of aromatic nitrogens is 3.